The second-order valence-corrected chi connectivity index (χ2v) is 7.47. The number of aromatic nitrogens is 2. The molecule has 0 aliphatic heterocycles. The Morgan fingerprint density at radius 1 is 1.23 bits per heavy atom. The topological polar surface area (TPSA) is 93.3 Å². The summed E-state index contributed by atoms with van der Waals surface area (Å²) >= 11 is 1.27. The molecule has 2 heterocycles. The summed E-state index contributed by atoms with van der Waals surface area (Å²) in [6.07, 6.45) is 0. The summed E-state index contributed by atoms with van der Waals surface area (Å²) in [6, 6.07) is 13.6. The molecule has 158 valence electrons. The third-order valence-corrected chi connectivity index (χ3v) is 5.46. The van der Waals surface area contributed by atoms with E-state index in [1.165, 1.54) is 36.6 Å². The van der Waals surface area contributed by atoms with Gasteiger partial charge in [0, 0.05) is 17.5 Å². The zero-order valence-corrected chi connectivity index (χ0v) is 17.3. The van der Waals surface area contributed by atoms with Crippen LogP contribution in [-0.4, -0.2) is 23.0 Å². The lowest BCUT2D eigenvalue weighted by molar-refractivity contribution is 0.0940. The van der Waals surface area contributed by atoms with E-state index < -0.39 is 17.3 Å². The number of rotatable bonds is 7. The summed E-state index contributed by atoms with van der Waals surface area (Å²) in [5.74, 6) is -0.344. The Labute approximate surface area is 180 Å². The maximum atomic E-state index is 13.5. The van der Waals surface area contributed by atoms with E-state index >= 15 is 0 Å². The Balaban J connectivity index is 1.48. The lowest BCUT2D eigenvalue weighted by atomic mass is 10.2. The molecule has 0 unspecified atom stereocenters. The predicted octanol–water partition coefficient (Wildman–Crippen LogP) is 3.64. The molecule has 0 saturated carbocycles. The Morgan fingerprint density at radius 3 is 2.81 bits per heavy atom. The number of nitrogens with one attached hydrogen (secondary N) is 2. The second kappa shape index (κ2) is 8.97. The molecule has 7 nitrogen and oxygen atoms in total. The molecule has 2 aromatic heterocycles. The van der Waals surface area contributed by atoms with Gasteiger partial charge in [0.25, 0.3) is 11.5 Å². The van der Waals surface area contributed by atoms with E-state index in [1.54, 1.807) is 5.38 Å². The van der Waals surface area contributed by atoms with Crippen LogP contribution in [0.5, 0.6) is 11.5 Å². The molecular formula is C22H18FN3O4S. The molecule has 0 radical (unpaired) electrons. The maximum Gasteiger partial charge on any atom is 0.287 e. The van der Waals surface area contributed by atoms with Gasteiger partial charge in [0.05, 0.1) is 12.5 Å². The lowest BCUT2D eigenvalue weighted by Gasteiger charge is -2.08. The number of hydrogen-bond acceptors (Lipinski definition) is 6. The number of fused-ring (bicyclic) bond motifs is 1. The Kier molecular flexibility index (Phi) is 5.94. The number of methoxy groups -OCH3 is 1. The molecule has 31 heavy (non-hydrogen) atoms. The molecule has 4 aromatic rings. The highest BCUT2D eigenvalue weighted by molar-refractivity contribution is 7.16. The molecule has 9 heteroatoms. The average Bonchev–Trinajstić information content (AvgIpc) is 3.21. The minimum absolute atomic E-state index is 0.0866. The Morgan fingerprint density at radius 2 is 2.03 bits per heavy atom. The van der Waals surface area contributed by atoms with Gasteiger partial charge in [0.15, 0.2) is 11.6 Å². The number of aromatic amines is 1. The molecule has 2 N–H and O–H groups in total. The molecule has 0 bridgehead atoms. The van der Waals surface area contributed by atoms with E-state index in [2.05, 4.69) is 15.3 Å². The first-order valence-electron chi connectivity index (χ1n) is 9.34. The second-order valence-electron chi connectivity index (χ2n) is 6.61. The number of carbonyl (C=O) groups excluding carboxylic acids is 1. The van der Waals surface area contributed by atoms with Crippen molar-refractivity contribution in [3.05, 3.63) is 87.0 Å². The SMILES string of the molecule is COc1cc(CNC(=O)c2nc3scc(COc4ccccc4)c3c(=O)[nH]2)ccc1F. The van der Waals surface area contributed by atoms with Gasteiger partial charge in [-0.3, -0.25) is 9.59 Å². The lowest BCUT2D eigenvalue weighted by Crippen LogP contribution is -2.27. The third-order valence-electron chi connectivity index (χ3n) is 4.54. The Bertz CT molecular complexity index is 1290. The number of nitrogens with zero attached hydrogens (tertiary/aromatic N) is 1. The van der Waals surface area contributed by atoms with E-state index in [4.69, 9.17) is 9.47 Å². The van der Waals surface area contributed by atoms with Crippen LogP contribution >= 0.6 is 11.3 Å². The minimum Gasteiger partial charge on any atom is -0.494 e. The van der Waals surface area contributed by atoms with E-state index in [1.807, 2.05) is 30.3 Å². The van der Waals surface area contributed by atoms with Gasteiger partial charge in [0.2, 0.25) is 5.82 Å². The first-order chi connectivity index (χ1) is 15.0. The number of para-hydroxylation sites is 1. The zero-order valence-electron chi connectivity index (χ0n) is 16.5. The van der Waals surface area contributed by atoms with Gasteiger partial charge in [-0.1, -0.05) is 24.3 Å². The van der Waals surface area contributed by atoms with Crippen molar-refractivity contribution in [2.24, 2.45) is 0 Å². The Hall–Kier alpha value is -3.72. The van der Waals surface area contributed by atoms with Crippen molar-refractivity contribution >= 4 is 27.5 Å². The third kappa shape index (κ3) is 4.56. The van der Waals surface area contributed by atoms with E-state index in [0.717, 1.165) is 0 Å². The molecule has 0 fully saturated rings. The van der Waals surface area contributed by atoms with Gasteiger partial charge in [-0.25, -0.2) is 9.37 Å². The van der Waals surface area contributed by atoms with Crippen LogP contribution in [-0.2, 0) is 13.2 Å². The summed E-state index contributed by atoms with van der Waals surface area (Å²) in [5.41, 5.74) is 0.931. The number of amides is 1. The van der Waals surface area contributed by atoms with Gasteiger partial charge < -0.3 is 19.8 Å². The van der Waals surface area contributed by atoms with Crippen LogP contribution in [0.3, 0.4) is 0 Å². The largest absolute Gasteiger partial charge is 0.494 e. The van der Waals surface area contributed by atoms with Crippen LogP contribution in [0.25, 0.3) is 10.2 Å². The van der Waals surface area contributed by atoms with Crippen LogP contribution < -0.4 is 20.3 Å². The van der Waals surface area contributed by atoms with Crippen molar-refractivity contribution < 1.29 is 18.7 Å². The number of halogens is 1. The summed E-state index contributed by atoms with van der Waals surface area (Å²) in [7, 11) is 1.37. The number of ether oxygens (including phenoxy) is 2. The van der Waals surface area contributed by atoms with Crippen molar-refractivity contribution in [1.29, 1.82) is 0 Å². The fourth-order valence-corrected chi connectivity index (χ4v) is 3.90. The van der Waals surface area contributed by atoms with Crippen molar-refractivity contribution in [3.8, 4) is 11.5 Å². The number of H-pyrrole nitrogens is 1. The van der Waals surface area contributed by atoms with E-state index in [0.29, 0.717) is 27.1 Å². The van der Waals surface area contributed by atoms with Crippen LogP contribution in [0.4, 0.5) is 4.39 Å². The standard InChI is InChI=1S/C22H18FN3O4S/c1-29-17-9-13(7-8-16(17)23)10-24-21(28)19-25-20(27)18-14(12-31-22(18)26-19)11-30-15-5-3-2-4-6-15/h2-9,12H,10-11H2,1H3,(H,24,28)(H,25,26,27). The average molecular weight is 439 g/mol. The highest BCUT2D eigenvalue weighted by atomic mass is 32.1. The summed E-state index contributed by atoms with van der Waals surface area (Å²) in [4.78, 5) is 32.4. The first kappa shape index (κ1) is 20.5. The molecule has 0 atom stereocenters. The van der Waals surface area contributed by atoms with Crippen LogP contribution in [0.15, 0.2) is 58.7 Å². The van der Waals surface area contributed by atoms with Crippen molar-refractivity contribution in [2.45, 2.75) is 13.2 Å². The quantitative estimate of drug-likeness (QED) is 0.459. The fraction of sp³-hybridized carbons (Fsp3) is 0.136. The number of benzene rings is 2. The van der Waals surface area contributed by atoms with Crippen LogP contribution in [0, 0.1) is 5.82 Å². The minimum atomic E-state index is -0.544. The smallest absolute Gasteiger partial charge is 0.287 e. The van der Waals surface area contributed by atoms with Crippen molar-refractivity contribution in [1.82, 2.24) is 15.3 Å². The van der Waals surface area contributed by atoms with E-state index in [9.17, 15) is 14.0 Å². The van der Waals surface area contributed by atoms with Gasteiger partial charge >= 0.3 is 0 Å². The van der Waals surface area contributed by atoms with Gasteiger partial charge in [-0.15, -0.1) is 11.3 Å². The molecular weight excluding hydrogens is 421 g/mol. The fourth-order valence-electron chi connectivity index (χ4n) is 2.98. The van der Waals surface area contributed by atoms with Crippen LogP contribution in [0.1, 0.15) is 21.7 Å². The number of carbonyl (C=O) groups is 1. The summed E-state index contributed by atoms with van der Waals surface area (Å²) in [5, 5.41) is 4.86. The zero-order chi connectivity index (χ0) is 21.8. The number of thiophene rings is 1. The molecule has 0 aliphatic rings. The molecule has 0 saturated heterocycles. The first-order valence-corrected chi connectivity index (χ1v) is 10.2. The monoisotopic (exact) mass is 439 g/mol. The van der Waals surface area contributed by atoms with E-state index in [-0.39, 0.29) is 24.7 Å². The highest BCUT2D eigenvalue weighted by Crippen LogP contribution is 2.23. The number of hydrogen-bond donors (Lipinski definition) is 2. The van der Waals surface area contributed by atoms with Gasteiger partial charge in [-0.05, 0) is 29.8 Å². The van der Waals surface area contributed by atoms with Crippen molar-refractivity contribution in [3.63, 3.8) is 0 Å². The molecule has 2 aromatic carbocycles. The van der Waals surface area contributed by atoms with Crippen LogP contribution in [0.2, 0.25) is 0 Å². The molecule has 0 spiro atoms. The molecule has 1 amide bonds. The molecule has 0 aliphatic carbocycles. The summed E-state index contributed by atoms with van der Waals surface area (Å²) < 4.78 is 24.2. The van der Waals surface area contributed by atoms with Gasteiger partial charge in [-0.2, -0.15) is 0 Å². The predicted molar refractivity (Wildman–Crippen MR) is 115 cm³/mol. The highest BCUT2D eigenvalue weighted by Gasteiger charge is 2.16. The van der Waals surface area contributed by atoms with Crippen molar-refractivity contribution in [2.75, 3.05) is 7.11 Å². The normalized spacial score (nSPS) is 10.8. The van der Waals surface area contributed by atoms with Gasteiger partial charge in [0.1, 0.15) is 17.2 Å². The maximum absolute atomic E-state index is 13.5. The summed E-state index contributed by atoms with van der Waals surface area (Å²) in [6.45, 7) is 0.338. The molecule has 4 rings (SSSR count).